The van der Waals surface area contributed by atoms with E-state index in [-0.39, 0.29) is 6.04 Å². The van der Waals surface area contributed by atoms with Crippen LogP contribution in [0.5, 0.6) is 0 Å². The average molecular weight is 201 g/mol. The molecule has 1 aromatic rings. The third-order valence-electron chi connectivity index (χ3n) is 2.49. The maximum atomic E-state index is 5.36. The standard InChI is InChI=1S/C14H19N/c1-3-14(4-2)15-12-8-11-13-9-6-5-7-10-13/h1,5-7,9-10,14-15H,4,8,11-12H2,2H3. The summed E-state index contributed by atoms with van der Waals surface area (Å²) in [6.45, 7) is 3.10. The molecule has 80 valence electrons. The van der Waals surface area contributed by atoms with Gasteiger partial charge in [0.1, 0.15) is 0 Å². The average Bonchev–Trinajstić information content (AvgIpc) is 2.31. The lowest BCUT2D eigenvalue weighted by atomic mass is 10.1. The zero-order chi connectivity index (χ0) is 10.9. The summed E-state index contributed by atoms with van der Waals surface area (Å²) in [5.74, 6) is 2.74. The molecule has 15 heavy (non-hydrogen) atoms. The second-order valence-corrected chi connectivity index (χ2v) is 3.67. The summed E-state index contributed by atoms with van der Waals surface area (Å²) in [4.78, 5) is 0. The van der Waals surface area contributed by atoms with Crippen LogP contribution in [0.15, 0.2) is 30.3 Å². The van der Waals surface area contributed by atoms with Crippen molar-refractivity contribution < 1.29 is 0 Å². The zero-order valence-electron chi connectivity index (χ0n) is 9.37. The highest BCUT2D eigenvalue weighted by Crippen LogP contribution is 2.01. The predicted molar refractivity (Wildman–Crippen MR) is 65.7 cm³/mol. The van der Waals surface area contributed by atoms with E-state index < -0.39 is 0 Å². The van der Waals surface area contributed by atoms with Crippen molar-refractivity contribution in [2.24, 2.45) is 0 Å². The van der Waals surface area contributed by atoms with Gasteiger partial charge in [0.25, 0.3) is 0 Å². The number of hydrogen-bond acceptors (Lipinski definition) is 1. The lowest BCUT2D eigenvalue weighted by Gasteiger charge is -2.09. The van der Waals surface area contributed by atoms with Crippen LogP contribution < -0.4 is 5.32 Å². The van der Waals surface area contributed by atoms with E-state index in [2.05, 4.69) is 42.4 Å². The first-order chi connectivity index (χ1) is 7.36. The van der Waals surface area contributed by atoms with Crippen LogP contribution >= 0.6 is 0 Å². The second kappa shape index (κ2) is 7.09. The van der Waals surface area contributed by atoms with Crippen molar-refractivity contribution in [3.8, 4) is 12.3 Å². The largest absolute Gasteiger partial charge is 0.304 e. The smallest absolute Gasteiger partial charge is 0.0684 e. The Morgan fingerprint density at radius 1 is 1.33 bits per heavy atom. The molecule has 1 heteroatoms. The summed E-state index contributed by atoms with van der Waals surface area (Å²) < 4.78 is 0. The van der Waals surface area contributed by atoms with Gasteiger partial charge < -0.3 is 5.32 Å². The fourth-order valence-corrected chi connectivity index (χ4v) is 1.53. The fourth-order valence-electron chi connectivity index (χ4n) is 1.53. The predicted octanol–water partition coefficient (Wildman–Crippen LogP) is 2.62. The molecule has 0 amide bonds. The Morgan fingerprint density at radius 2 is 2.07 bits per heavy atom. The summed E-state index contributed by atoms with van der Waals surface area (Å²) in [6.07, 6.45) is 8.63. The molecule has 0 fully saturated rings. The molecule has 0 spiro atoms. The highest BCUT2D eigenvalue weighted by molar-refractivity contribution is 5.14. The molecule has 0 saturated carbocycles. The summed E-state index contributed by atoms with van der Waals surface area (Å²) in [5.41, 5.74) is 1.40. The van der Waals surface area contributed by atoms with Crippen LogP contribution in [-0.4, -0.2) is 12.6 Å². The van der Waals surface area contributed by atoms with Crippen LogP contribution in [-0.2, 0) is 6.42 Å². The van der Waals surface area contributed by atoms with Crippen molar-refractivity contribution in [2.75, 3.05) is 6.54 Å². The molecule has 0 bridgehead atoms. The minimum absolute atomic E-state index is 0.237. The van der Waals surface area contributed by atoms with Crippen molar-refractivity contribution in [1.82, 2.24) is 5.32 Å². The zero-order valence-corrected chi connectivity index (χ0v) is 9.37. The van der Waals surface area contributed by atoms with Crippen LogP contribution in [0.4, 0.5) is 0 Å². The highest BCUT2D eigenvalue weighted by Gasteiger charge is 1.99. The van der Waals surface area contributed by atoms with Gasteiger partial charge in [-0.05, 0) is 31.4 Å². The first-order valence-corrected chi connectivity index (χ1v) is 5.60. The van der Waals surface area contributed by atoms with Crippen molar-refractivity contribution in [3.63, 3.8) is 0 Å². The number of aryl methyl sites for hydroxylation is 1. The Labute approximate surface area is 92.9 Å². The molecule has 0 heterocycles. The molecule has 1 rings (SSSR count). The first-order valence-electron chi connectivity index (χ1n) is 5.60. The van der Waals surface area contributed by atoms with Gasteiger partial charge in [0.2, 0.25) is 0 Å². The van der Waals surface area contributed by atoms with E-state index in [1.807, 2.05) is 6.07 Å². The van der Waals surface area contributed by atoms with E-state index in [0.29, 0.717) is 0 Å². The molecule has 0 saturated heterocycles. The molecule has 1 nitrogen and oxygen atoms in total. The maximum absolute atomic E-state index is 5.36. The van der Waals surface area contributed by atoms with E-state index in [1.165, 1.54) is 5.56 Å². The molecule has 0 aliphatic carbocycles. The number of benzene rings is 1. The van der Waals surface area contributed by atoms with E-state index in [4.69, 9.17) is 6.42 Å². The number of hydrogen-bond donors (Lipinski definition) is 1. The van der Waals surface area contributed by atoms with Gasteiger partial charge in [0.05, 0.1) is 6.04 Å². The molecule has 1 atom stereocenters. The lowest BCUT2D eigenvalue weighted by molar-refractivity contribution is 0.574. The molecule has 1 unspecified atom stereocenters. The van der Waals surface area contributed by atoms with E-state index in [9.17, 15) is 0 Å². The monoisotopic (exact) mass is 201 g/mol. The van der Waals surface area contributed by atoms with Gasteiger partial charge in [-0.25, -0.2) is 0 Å². The van der Waals surface area contributed by atoms with Gasteiger partial charge in [-0.15, -0.1) is 6.42 Å². The van der Waals surface area contributed by atoms with E-state index in [0.717, 1.165) is 25.8 Å². The van der Waals surface area contributed by atoms with Crippen LogP contribution in [0, 0.1) is 12.3 Å². The SMILES string of the molecule is C#CC(CC)NCCCc1ccccc1. The lowest BCUT2D eigenvalue weighted by Crippen LogP contribution is -2.27. The van der Waals surface area contributed by atoms with Gasteiger partial charge in [0, 0.05) is 0 Å². The van der Waals surface area contributed by atoms with Gasteiger partial charge in [0.15, 0.2) is 0 Å². The van der Waals surface area contributed by atoms with Crippen LogP contribution in [0.25, 0.3) is 0 Å². The molecule has 0 aromatic heterocycles. The van der Waals surface area contributed by atoms with Crippen molar-refractivity contribution >= 4 is 0 Å². The quantitative estimate of drug-likeness (QED) is 0.551. The summed E-state index contributed by atoms with van der Waals surface area (Å²) in [6, 6.07) is 10.8. The first kappa shape index (κ1) is 11.8. The fraction of sp³-hybridized carbons (Fsp3) is 0.429. The topological polar surface area (TPSA) is 12.0 Å². The van der Waals surface area contributed by atoms with E-state index >= 15 is 0 Å². The minimum atomic E-state index is 0.237. The molecule has 0 aliphatic heterocycles. The van der Waals surface area contributed by atoms with Gasteiger partial charge >= 0.3 is 0 Å². The molecular formula is C14H19N. The third kappa shape index (κ3) is 4.67. The molecule has 1 N–H and O–H groups in total. The number of rotatable bonds is 6. The normalized spacial score (nSPS) is 12.0. The Balaban J connectivity index is 2.15. The molecule has 0 aliphatic rings. The van der Waals surface area contributed by atoms with Gasteiger partial charge in [-0.1, -0.05) is 43.2 Å². The number of terminal acetylenes is 1. The highest BCUT2D eigenvalue weighted by atomic mass is 14.9. The van der Waals surface area contributed by atoms with Gasteiger partial charge in [-0.3, -0.25) is 0 Å². The van der Waals surface area contributed by atoms with Crippen molar-refractivity contribution in [2.45, 2.75) is 32.2 Å². The van der Waals surface area contributed by atoms with E-state index in [1.54, 1.807) is 0 Å². The third-order valence-corrected chi connectivity index (χ3v) is 2.49. The second-order valence-electron chi connectivity index (χ2n) is 3.67. The maximum Gasteiger partial charge on any atom is 0.0684 e. The molecule has 0 radical (unpaired) electrons. The Morgan fingerprint density at radius 3 is 2.67 bits per heavy atom. The Kier molecular flexibility index (Phi) is 5.58. The van der Waals surface area contributed by atoms with Crippen LogP contribution in [0.3, 0.4) is 0 Å². The van der Waals surface area contributed by atoms with Gasteiger partial charge in [-0.2, -0.15) is 0 Å². The van der Waals surface area contributed by atoms with Crippen LogP contribution in [0.2, 0.25) is 0 Å². The molecule has 1 aromatic carbocycles. The molecular weight excluding hydrogens is 182 g/mol. The summed E-state index contributed by atoms with van der Waals surface area (Å²) in [5, 5.41) is 3.35. The van der Waals surface area contributed by atoms with Crippen molar-refractivity contribution in [3.05, 3.63) is 35.9 Å². The number of nitrogens with one attached hydrogen (secondary N) is 1. The summed E-state index contributed by atoms with van der Waals surface area (Å²) >= 11 is 0. The summed E-state index contributed by atoms with van der Waals surface area (Å²) in [7, 11) is 0. The Hall–Kier alpha value is -1.26. The Bertz CT molecular complexity index is 297. The van der Waals surface area contributed by atoms with Crippen LogP contribution in [0.1, 0.15) is 25.3 Å². The minimum Gasteiger partial charge on any atom is -0.304 e. The van der Waals surface area contributed by atoms with Crippen molar-refractivity contribution in [1.29, 1.82) is 0 Å².